The minimum absolute atomic E-state index is 0.0733. The smallest absolute Gasteiger partial charge is 0.330 e. The predicted octanol–water partition coefficient (Wildman–Crippen LogP) is 3.20. The van der Waals surface area contributed by atoms with E-state index in [-0.39, 0.29) is 37.1 Å². The van der Waals surface area contributed by atoms with E-state index in [2.05, 4.69) is 20.6 Å². The van der Waals surface area contributed by atoms with Gasteiger partial charge in [-0.25, -0.2) is 14.8 Å². The summed E-state index contributed by atoms with van der Waals surface area (Å²) in [7, 11) is 1.85. The van der Waals surface area contributed by atoms with Crippen LogP contribution in [0.25, 0.3) is 21.9 Å². The molecule has 3 aromatic rings. The quantitative estimate of drug-likeness (QED) is 0.322. The van der Waals surface area contributed by atoms with Gasteiger partial charge >= 0.3 is 5.97 Å². The molecule has 3 aromatic heterocycles. The van der Waals surface area contributed by atoms with Crippen LogP contribution in [0.1, 0.15) is 64.2 Å². The summed E-state index contributed by atoms with van der Waals surface area (Å²) in [6.45, 7) is 0.0733. The van der Waals surface area contributed by atoms with Crippen LogP contribution in [-0.2, 0) is 26.2 Å². The van der Waals surface area contributed by atoms with Crippen molar-refractivity contribution in [3.05, 3.63) is 36.0 Å². The normalized spacial score (nSPS) is 28.8. The van der Waals surface area contributed by atoms with Crippen molar-refractivity contribution < 1.29 is 29.0 Å². The monoisotopic (exact) mass is 661 g/mol. The molecular formula is C33H39N7O6S. The second kappa shape index (κ2) is 12.7. The molecule has 0 unspecified atom stereocenters. The van der Waals surface area contributed by atoms with Gasteiger partial charge in [-0.05, 0) is 55.9 Å². The molecule has 1 saturated heterocycles. The number of hydrogen-bond acceptors (Lipinski definition) is 9. The van der Waals surface area contributed by atoms with Gasteiger partial charge < -0.3 is 29.9 Å². The summed E-state index contributed by atoms with van der Waals surface area (Å²) in [5.41, 5.74) is -0.721. The van der Waals surface area contributed by atoms with Gasteiger partial charge in [-0.1, -0.05) is 25.0 Å². The fourth-order valence-corrected chi connectivity index (χ4v) is 7.50. The average Bonchev–Trinajstić information content (AvgIpc) is 3.76. The van der Waals surface area contributed by atoms with E-state index in [1.807, 2.05) is 35.2 Å². The summed E-state index contributed by atoms with van der Waals surface area (Å²) in [5.74, 6) is -0.844. The minimum Gasteiger partial charge on any atom is -0.479 e. The van der Waals surface area contributed by atoms with Gasteiger partial charge in [0.25, 0.3) is 0 Å². The third-order valence-electron chi connectivity index (χ3n) is 9.70. The third-order valence-corrected chi connectivity index (χ3v) is 10.6. The van der Waals surface area contributed by atoms with Crippen LogP contribution in [0.2, 0.25) is 0 Å². The second-order valence-corrected chi connectivity index (χ2v) is 14.2. The molecule has 5 heterocycles. The number of carbonyl (C=O) groups excluding carboxylic acids is 3. The number of hydrogen-bond donors (Lipinski definition) is 3. The number of ether oxygens (including phenoxy) is 1. The molecule has 2 aliphatic heterocycles. The van der Waals surface area contributed by atoms with Gasteiger partial charge in [0.15, 0.2) is 11.6 Å². The number of aromatic nitrogens is 4. The summed E-state index contributed by atoms with van der Waals surface area (Å²) >= 11 is 1.43. The highest BCUT2D eigenvalue weighted by Gasteiger charge is 2.61. The Kier molecular flexibility index (Phi) is 8.45. The molecule has 3 fully saturated rings. The zero-order valence-electron chi connectivity index (χ0n) is 26.3. The lowest BCUT2D eigenvalue weighted by Gasteiger charge is -2.29. The average molecular weight is 662 g/mol. The molecule has 14 heteroatoms. The van der Waals surface area contributed by atoms with E-state index in [1.54, 1.807) is 12.4 Å². The van der Waals surface area contributed by atoms with Crippen molar-refractivity contribution in [3.63, 3.8) is 0 Å². The summed E-state index contributed by atoms with van der Waals surface area (Å²) in [6.07, 6.45) is 13.2. The Bertz CT molecular complexity index is 1730. The molecule has 7 rings (SSSR count). The first-order valence-electron chi connectivity index (χ1n) is 16.4. The largest absolute Gasteiger partial charge is 0.479 e. The van der Waals surface area contributed by atoms with Gasteiger partial charge in [0.05, 0.1) is 12.1 Å². The molecule has 3 amide bonds. The Labute approximate surface area is 275 Å². The van der Waals surface area contributed by atoms with Gasteiger partial charge in [0, 0.05) is 38.2 Å². The third kappa shape index (κ3) is 6.47. The van der Waals surface area contributed by atoms with Crippen LogP contribution < -0.4 is 15.4 Å². The van der Waals surface area contributed by atoms with E-state index in [1.165, 1.54) is 16.2 Å². The van der Waals surface area contributed by atoms with Gasteiger partial charge in [0.1, 0.15) is 28.4 Å². The molecule has 2 saturated carbocycles. The molecule has 2 aliphatic carbocycles. The van der Waals surface area contributed by atoms with E-state index >= 15 is 0 Å². The number of allylic oxidation sites excluding steroid dienone is 1. The van der Waals surface area contributed by atoms with Crippen LogP contribution in [0, 0.1) is 11.8 Å². The highest BCUT2D eigenvalue weighted by molar-refractivity contribution is 7.17. The van der Waals surface area contributed by atoms with Crippen LogP contribution in [-0.4, -0.2) is 83.5 Å². The molecule has 0 radical (unpaired) electrons. The van der Waals surface area contributed by atoms with Gasteiger partial charge in [-0.15, -0.1) is 11.3 Å². The van der Waals surface area contributed by atoms with Gasteiger partial charge in [0.2, 0.25) is 23.6 Å². The maximum atomic E-state index is 14.3. The fourth-order valence-electron chi connectivity index (χ4n) is 6.74. The summed E-state index contributed by atoms with van der Waals surface area (Å²) < 4.78 is 9.02. The molecule has 47 heavy (non-hydrogen) atoms. The molecule has 0 aromatic carbocycles. The van der Waals surface area contributed by atoms with Crippen molar-refractivity contribution in [2.24, 2.45) is 18.9 Å². The SMILES string of the molecule is Cn1ccnc1-c1nc(O[C@@H]2C[C@H]3C(=O)N[C@]4(C(=O)O)C[C@@H]4/C=C\CCCCC[C@H](NC(=O)CC4CC4)C(=O)N3C2)c2sccc2n1. The number of rotatable bonds is 7. The number of fused-ring (bicyclic) bond motifs is 3. The van der Waals surface area contributed by atoms with Crippen LogP contribution >= 0.6 is 11.3 Å². The fraction of sp³-hybridized carbons (Fsp3) is 0.545. The molecule has 248 valence electrons. The van der Waals surface area contributed by atoms with E-state index in [0.717, 1.165) is 43.2 Å². The number of nitrogens with one attached hydrogen (secondary N) is 2. The number of carboxylic acids is 1. The van der Waals surface area contributed by atoms with Crippen molar-refractivity contribution in [3.8, 4) is 17.5 Å². The molecule has 4 aliphatic rings. The van der Waals surface area contributed by atoms with Crippen LogP contribution in [0.5, 0.6) is 5.88 Å². The zero-order valence-corrected chi connectivity index (χ0v) is 27.1. The minimum atomic E-state index is -1.41. The lowest BCUT2D eigenvalue weighted by molar-refractivity contribution is -0.146. The van der Waals surface area contributed by atoms with E-state index in [9.17, 15) is 24.3 Å². The van der Waals surface area contributed by atoms with Gasteiger partial charge in [-0.3, -0.25) is 14.4 Å². The van der Waals surface area contributed by atoms with Crippen LogP contribution in [0.15, 0.2) is 36.0 Å². The zero-order chi connectivity index (χ0) is 32.7. The maximum absolute atomic E-state index is 14.3. The highest BCUT2D eigenvalue weighted by Crippen LogP contribution is 2.45. The van der Waals surface area contributed by atoms with Gasteiger partial charge in [-0.2, -0.15) is 4.98 Å². The lowest BCUT2D eigenvalue weighted by Crippen LogP contribution is -2.56. The van der Waals surface area contributed by atoms with Crippen LogP contribution in [0.3, 0.4) is 0 Å². The van der Waals surface area contributed by atoms with E-state index < -0.39 is 35.6 Å². The maximum Gasteiger partial charge on any atom is 0.330 e. The Balaban J connectivity index is 1.19. The standard InChI is InChI=1S/C33H39N7O6S/c1-39-13-12-34-28(39)27-36-22-11-14-47-26(22)30(37-27)46-21-16-24-29(42)38-33(32(44)45)17-20(33)7-5-3-2-4-6-8-23(31(43)40(24)18-21)35-25(41)15-19-9-10-19/h5,7,11-14,19-21,23-24H,2-4,6,8-10,15-18H2,1H3,(H,35,41)(H,38,42)(H,44,45)/b7-5-/t20-,21+,23-,24-,33+/m0/s1. The van der Waals surface area contributed by atoms with Crippen molar-refractivity contribution in [1.29, 1.82) is 0 Å². The van der Waals surface area contributed by atoms with Crippen molar-refractivity contribution in [1.82, 2.24) is 35.1 Å². The molecule has 0 bridgehead atoms. The number of aliphatic carboxylic acids is 1. The first-order valence-corrected chi connectivity index (χ1v) is 17.3. The summed E-state index contributed by atoms with van der Waals surface area (Å²) in [6, 6.07) is 0.0878. The second-order valence-electron chi connectivity index (χ2n) is 13.2. The summed E-state index contributed by atoms with van der Waals surface area (Å²) in [5, 5.41) is 17.8. The summed E-state index contributed by atoms with van der Waals surface area (Å²) in [4.78, 5) is 68.8. The van der Waals surface area contributed by atoms with E-state index in [0.29, 0.717) is 41.8 Å². The van der Waals surface area contributed by atoms with Crippen molar-refractivity contribution >= 4 is 45.2 Å². The predicted molar refractivity (Wildman–Crippen MR) is 172 cm³/mol. The number of amides is 3. The Morgan fingerprint density at radius 1 is 1.19 bits per heavy atom. The molecule has 3 N–H and O–H groups in total. The highest BCUT2D eigenvalue weighted by atomic mass is 32.1. The topological polar surface area (TPSA) is 169 Å². The number of imidazole rings is 1. The van der Waals surface area contributed by atoms with Crippen molar-refractivity contribution in [2.45, 2.75) is 87.9 Å². The molecule has 13 nitrogen and oxygen atoms in total. The Hall–Kier alpha value is -4.33. The number of carbonyl (C=O) groups is 4. The Morgan fingerprint density at radius 3 is 2.81 bits per heavy atom. The lowest BCUT2D eigenvalue weighted by atomic mass is 10.0. The number of nitrogens with zero attached hydrogens (tertiary/aromatic N) is 5. The molecule has 5 atom stereocenters. The first kappa shape index (κ1) is 31.3. The first-order chi connectivity index (χ1) is 22.7. The Morgan fingerprint density at radius 2 is 2.04 bits per heavy atom. The van der Waals surface area contributed by atoms with Crippen molar-refractivity contribution in [2.75, 3.05) is 6.54 Å². The van der Waals surface area contributed by atoms with Crippen LogP contribution in [0.4, 0.5) is 0 Å². The van der Waals surface area contributed by atoms with E-state index in [4.69, 9.17) is 9.72 Å². The molecule has 0 spiro atoms. The number of aryl methyl sites for hydroxylation is 1. The number of carboxylic acid groups (broad SMARTS) is 1. The molecular weight excluding hydrogens is 622 g/mol. The number of thiophene rings is 1.